The van der Waals surface area contributed by atoms with E-state index < -0.39 is 9.84 Å². The van der Waals surface area contributed by atoms with Crippen molar-refractivity contribution >= 4 is 32.7 Å². The van der Waals surface area contributed by atoms with Crippen molar-refractivity contribution in [3.8, 4) is 0 Å². The van der Waals surface area contributed by atoms with Crippen molar-refractivity contribution in [3.63, 3.8) is 0 Å². The van der Waals surface area contributed by atoms with Gasteiger partial charge < -0.3 is 4.90 Å². The highest BCUT2D eigenvalue weighted by atomic mass is 32.2. The highest BCUT2D eigenvalue weighted by Crippen LogP contribution is 2.38. The van der Waals surface area contributed by atoms with Gasteiger partial charge in [0.1, 0.15) is 0 Å². The van der Waals surface area contributed by atoms with E-state index in [0.29, 0.717) is 6.54 Å². The molecule has 4 rings (SSSR count). The van der Waals surface area contributed by atoms with Crippen LogP contribution in [0.4, 0.5) is 0 Å². The van der Waals surface area contributed by atoms with Gasteiger partial charge in [-0.25, -0.2) is 8.42 Å². The van der Waals surface area contributed by atoms with Crippen LogP contribution in [-0.4, -0.2) is 53.7 Å². The zero-order valence-corrected chi connectivity index (χ0v) is 17.1. The second kappa shape index (κ2) is 7.95. The third kappa shape index (κ3) is 4.40. The van der Waals surface area contributed by atoms with Gasteiger partial charge in [0.2, 0.25) is 0 Å². The number of fused-ring (bicyclic) bond motifs is 1. The molecular weight excluding hydrogens is 380 g/mol. The van der Waals surface area contributed by atoms with E-state index in [2.05, 4.69) is 22.0 Å². The van der Waals surface area contributed by atoms with Crippen molar-refractivity contribution in [1.29, 1.82) is 0 Å². The van der Waals surface area contributed by atoms with Gasteiger partial charge in [-0.1, -0.05) is 61.4 Å². The normalized spacial score (nSPS) is 29.2. The zero-order chi connectivity index (χ0) is 18.9. The van der Waals surface area contributed by atoms with Crippen LogP contribution < -0.4 is 0 Å². The molecule has 0 N–H and O–H groups in total. The van der Waals surface area contributed by atoms with Crippen LogP contribution in [0.25, 0.3) is 0 Å². The van der Waals surface area contributed by atoms with Crippen LogP contribution in [0, 0.1) is 5.92 Å². The van der Waals surface area contributed by atoms with Gasteiger partial charge in [0.15, 0.2) is 15.0 Å². The lowest BCUT2D eigenvalue weighted by Gasteiger charge is -2.25. The molecule has 0 spiro atoms. The summed E-state index contributed by atoms with van der Waals surface area (Å²) in [5.74, 6) is 0.411. The molecule has 0 bridgehead atoms. The molecule has 0 radical (unpaired) electrons. The van der Waals surface area contributed by atoms with Gasteiger partial charge in [0.05, 0.1) is 17.5 Å². The van der Waals surface area contributed by atoms with E-state index in [1.165, 1.54) is 23.7 Å². The fourth-order valence-electron chi connectivity index (χ4n) is 4.33. The maximum absolute atomic E-state index is 12.7. The summed E-state index contributed by atoms with van der Waals surface area (Å²) in [6.45, 7) is 0.699. The fraction of sp³-hybridized carbons (Fsp3) is 0.600. The molecule has 3 fully saturated rings. The second-order valence-electron chi connectivity index (χ2n) is 7.80. The topological polar surface area (TPSA) is 66.8 Å². The molecule has 2 heterocycles. The Morgan fingerprint density at radius 3 is 2.59 bits per heavy atom. The van der Waals surface area contributed by atoms with Gasteiger partial charge >= 0.3 is 0 Å². The Hall–Kier alpha value is -1.34. The predicted octanol–water partition coefficient (Wildman–Crippen LogP) is 2.91. The Balaban J connectivity index is 1.52. The number of nitrogens with zero attached hydrogens (tertiary/aromatic N) is 2. The molecular formula is C20H26N2O3S2. The van der Waals surface area contributed by atoms with Crippen molar-refractivity contribution in [1.82, 2.24) is 4.90 Å². The molecule has 27 heavy (non-hydrogen) atoms. The first-order valence-corrected chi connectivity index (χ1v) is 12.5. The summed E-state index contributed by atoms with van der Waals surface area (Å²) in [7, 11) is -3.00. The molecule has 3 aliphatic rings. The number of aliphatic imine (C=N–C) groups is 1. The van der Waals surface area contributed by atoms with Gasteiger partial charge in [0, 0.05) is 17.7 Å². The molecule has 146 valence electrons. The van der Waals surface area contributed by atoms with Crippen molar-refractivity contribution in [2.75, 3.05) is 18.1 Å². The van der Waals surface area contributed by atoms with E-state index in [-0.39, 0.29) is 34.6 Å². The van der Waals surface area contributed by atoms with Gasteiger partial charge in [-0.15, -0.1) is 0 Å². The van der Waals surface area contributed by atoms with Crippen molar-refractivity contribution in [2.45, 2.75) is 49.8 Å². The van der Waals surface area contributed by atoms with E-state index in [0.717, 1.165) is 37.3 Å². The van der Waals surface area contributed by atoms with E-state index in [1.807, 2.05) is 18.2 Å². The van der Waals surface area contributed by atoms with Crippen LogP contribution in [0.3, 0.4) is 0 Å². The van der Waals surface area contributed by atoms with Gasteiger partial charge in [-0.3, -0.25) is 4.79 Å². The van der Waals surface area contributed by atoms with E-state index >= 15 is 0 Å². The standard InChI is InChI=1S/C20H26N2O3S2/c23-19(16-9-5-2-6-10-16)21-20-22(12-11-15-7-3-1-4-8-15)17-13-27(24,25)14-18(17)26-20/h1,3-4,7-8,16-18H,2,5-6,9-14H2. The Labute approximate surface area is 165 Å². The number of carbonyl (C=O) groups excluding carboxylic acids is 1. The second-order valence-corrected chi connectivity index (χ2v) is 11.2. The highest BCUT2D eigenvalue weighted by molar-refractivity contribution is 8.15. The third-order valence-corrected chi connectivity index (χ3v) is 9.07. The summed E-state index contributed by atoms with van der Waals surface area (Å²) in [6.07, 6.45) is 6.11. The van der Waals surface area contributed by atoms with Crippen molar-refractivity contribution in [2.24, 2.45) is 10.9 Å². The van der Waals surface area contributed by atoms with Crippen LogP contribution in [0.1, 0.15) is 37.7 Å². The molecule has 7 heteroatoms. The van der Waals surface area contributed by atoms with E-state index in [4.69, 9.17) is 0 Å². The summed E-state index contributed by atoms with van der Waals surface area (Å²) >= 11 is 1.50. The molecule has 2 unspecified atom stereocenters. The molecule has 0 aromatic heterocycles. The average Bonchev–Trinajstić information content (AvgIpc) is 3.12. The van der Waals surface area contributed by atoms with Crippen LogP contribution in [0.15, 0.2) is 35.3 Å². The number of carbonyl (C=O) groups is 1. The number of thioether (sulfide) groups is 1. The molecule has 2 atom stereocenters. The maximum Gasteiger partial charge on any atom is 0.251 e. The predicted molar refractivity (Wildman–Crippen MR) is 110 cm³/mol. The minimum absolute atomic E-state index is 0.00341. The number of rotatable bonds is 4. The molecule has 5 nitrogen and oxygen atoms in total. The van der Waals surface area contributed by atoms with Crippen molar-refractivity contribution in [3.05, 3.63) is 35.9 Å². The number of hydrogen-bond donors (Lipinski definition) is 0. The Kier molecular flexibility index (Phi) is 5.60. The lowest BCUT2D eigenvalue weighted by atomic mass is 9.89. The summed E-state index contributed by atoms with van der Waals surface area (Å²) < 4.78 is 24.2. The van der Waals surface area contributed by atoms with Crippen LogP contribution in [0.5, 0.6) is 0 Å². The summed E-state index contributed by atoms with van der Waals surface area (Å²) in [4.78, 5) is 19.3. The highest BCUT2D eigenvalue weighted by Gasteiger charge is 2.48. The summed E-state index contributed by atoms with van der Waals surface area (Å²) in [5, 5.41) is 0.745. The first-order valence-electron chi connectivity index (χ1n) is 9.82. The monoisotopic (exact) mass is 406 g/mol. The summed E-state index contributed by atoms with van der Waals surface area (Å²) in [5.41, 5.74) is 1.21. The third-order valence-electron chi connectivity index (χ3n) is 5.82. The van der Waals surface area contributed by atoms with Gasteiger partial charge in [-0.05, 0) is 24.8 Å². The van der Waals surface area contributed by atoms with E-state index in [1.54, 1.807) is 0 Å². The number of amidine groups is 1. The molecule has 1 saturated carbocycles. The van der Waals surface area contributed by atoms with Crippen LogP contribution in [0.2, 0.25) is 0 Å². The number of benzene rings is 1. The van der Waals surface area contributed by atoms with Crippen LogP contribution >= 0.6 is 11.8 Å². The lowest BCUT2D eigenvalue weighted by Crippen LogP contribution is -2.39. The largest absolute Gasteiger partial charge is 0.346 e. The number of hydrogen-bond acceptors (Lipinski definition) is 4. The Morgan fingerprint density at radius 2 is 1.85 bits per heavy atom. The lowest BCUT2D eigenvalue weighted by molar-refractivity contribution is -0.122. The van der Waals surface area contributed by atoms with Gasteiger partial charge in [0.25, 0.3) is 5.91 Å². The smallest absolute Gasteiger partial charge is 0.251 e. The Bertz CT molecular complexity index is 817. The quantitative estimate of drug-likeness (QED) is 0.769. The van der Waals surface area contributed by atoms with Crippen LogP contribution in [-0.2, 0) is 21.1 Å². The minimum atomic E-state index is -3.00. The molecule has 2 aliphatic heterocycles. The zero-order valence-electron chi connectivity index (χ0n) is 15.4. The maximum atomic E-state index is 12.7. The first kappa shape index (κ1) is 19.0. The molecule has 1 aromatic carbocycles. The van der Waals surface area contributed by atoms with Gasteiger partial charge in [-0.2, -0.15) is 4.99 Å². The molecule has 1 amide bonds. The fourth-order valence-corrected chi connectivity index (χ4v) is 8.31. The number of amides is 1. The number of sulfone groups is 1. The summed E-state index contributed by atoms with van der Waals surface area (Å²) in [6, 6.07) is 10.1. The molecule has 1 aliphatic carbocycles. The molecule has 1 aromatic rings. The van der Waals surface area contributed by atoms with Crippen molar-refractivity contribution < 1.29 is 13.2 Å². The SMILES string of the molecule is O=C(N=C1SC2CS(=O)(=O)CC2N1CCc1ccccc1)C1CCCCC1. The average molecular weight is 407 g/mol. The van der Waals surface area contributed by atoms with E-state index in [9.17, 15) is 13.2 Å². The first-order chi connectivity index (χ1) is 13.0. The minimum Gasteiger partial charge on any atom is -0.346 e. The Morgan fingerprint density at radius 1 is 1.11 bits per heavy atom. The molecule has 2 saturated heterocycles.